The molecule has 10 N–H and O–H groups in total. The van der Waals surface area contributed by atoms with E-state index < -0.39 is 226 Å². The first kappa shape index (κ1) is 70.3. The Bertz CT molecular complexity index is 4610. The van der Waals surface area contributed by atoms with Crippen LogP contribution in [0.25, 0.3) is 0 Å². The summed E-state index contributed by atoms with van der Waals surface area (Å²) in [5.41, 5.74) is -8.88. The first-order chi connectivity index (χ1) is 39.7. The van der Waals surface area contributed by atoms with Crippen molar-refractivity contribution in [2.75, 3.05) is 42.4 Å². The predicted molar refractivity (Wildman–Crippen MR) is 286 cm³/mol. The van der Waals surface area contributed by atoms with Crippen molar-refractivity contribution in [2.45, 2.75) is 36.3 Å². The minimum Gasteiger partial charge on any atom is -0.504 e. The lowest BCUT2D eigenvalue weighted by Crippen LogP contribution is -2.16. The number of carbonyl (C=O) groups is 1. The summed E-state index contributed by atoms with van der Waals surface area (Å²) in [5, 5.41) is 65.2. The van der Waals surface area contributed by atoms with E-state index in [0.717, 1.165) is 31.2 Å². The molecule has 0 spiro atoms. The summed E-state index contributed by atoms with van der Waals surface area (Å²) in [6.45, 7) is -2.51. The number of sulfone groups is 3. The lowest BCUT2D eigenvalue weighted by atomic mass is 10.2. The topological polar surface area (TPSA) is 645 Å². The number of carbonyl (C=O) groups excluding carboxylic acids is 1. The molecule has 5 aromatic rings. The molecule has 0 aliphatic heterocycles. The molecule has 0 aliphatic rings. The lowest BCUT2D eigenvalue weighted by Gasteiger charge is -2.12. The molecule has 474 valence electrons. The highest BCUT2D eigenvalue weighted by atomic mass is 32.3. The molecule has 0 atom stereocenters. The van der Waals surface area contributed by atoms with E-state index in [4.69, 9.17) is 13.7 Å². The second-order valence-corrected chi connectivity index (χ2v) is 30.1. The van der Waals surface area contributed by atoms with Crippen LogP contribution in [0, 0.1) is 0 Å². The highest BCUT2D eigenvalue weighted by Crippen LogP contribution is 2.57. The van der Waals surface area contributed by atoms with Crippen LogP contribution in [-0.4, -0.2) is 161 Å². The van der Waals surface area contributed by atoms with Gasteiger partial charge >= 0.3 is 31.2 Å². The van der Waals surface area contributed by atoms with Gasteiger partial charge in [0.15, 0.2) is 63.8 Å². The molecule has 1 amide bonds. The van der Waals surface area contributed by atoms with E-state index in [1.165, 1.54) is 0 Å². The van der Waals surface area contributed by atoms with E-state index in [0.29, 0.717) is 36.4 Å². The molecule has 0 bridgehead atoms. The Hall–Kier alpha value is -7.44. The molecule has 0 aliphatic carbocycles. The Balaban J connectivity index is 1.73. The van der Waals surface area contributed by atoms with E-state index in [1.54, 1.807) is 0 Å². The number of nitrogens with one attached hydrogen (secondary N) is 1. The SMILES string of the molecule is CC(=O)Nc1cc(/N=N/c2c(O)c(/N=N/c3ccc(S(=O)(=O)CCOS(=O)(=O)O)cc3S(=O)(=O)O)c(O)c(/N=N/c3ccc(S(=O)(=O)CCOS(=O)(=O)O)cc3S(=O)(=O)O)c2O)c(S(=O)(=O)O)cc1/N=N/c1ccc(S(=O)(=O)CCOS(=O)(=O)O)cc1. The Morgan fingerprint density at radius 1 is 0.391 bits per heavy atom. The first-order valence-corrected chi connectivity index (χ1v) is 35.3. The average molecular weight is 1400 g/mol. The molecule has 5 rings (SSSR count). The fraction of sp³-hybridized carbons (Fsp3) is 0.184. The van der Waals surface area contributed by atoms with E-state index in [2.05, 4.69) is 58.8 Å². The number of amides is 1. The van der Waals surface area contributed by atoms with Crippen molar-refractivity contribution < 1.29 is 136 Å². The Morgan fingerprint density at radius 3 is 1.03 bits per heavy atom. The zero-order valence-electron chi connectivity index (χ0n) is 42.4. The summed E-state index contributed by atoms with van der Waals surface area (Å²) in [7, 11) is -45.9. The second-order valence-electron chi connectivity index (χ2n) is 16.3. The zero-order chi connectivity index (χ0) is 65.7. The maximum atomic E-state index is 12.9. The van der Waals surface area contributed by atoms with Crippen LogP contribution in [0.3, 0.4) is 0 Å². The first-order valence-electron chi connectivity index (χ1n) is 22.0. The van der Waals surface area contributed by atoms with Gasteiger partial charge in [0.1, 0.15) is 37.4 Å². The van der Waals surface area contributed by atoms with E-state index in [9.17, 15) is 110 Å². The number of nitrogens with zero attached hydrogens (tertiary/aromatic N) is 8. The highest BCUT2D eigenvalue weighted by molar-refractivity contribution is 7.92. The molecule has 0 heterocycles. The number of rotatable bonds is 27. The summed E-state index contributed by atoms with van der Waals surface area (Å²) in [4.78, 5) is 5.82. The number of phenols is 3. The molecule has 0 fully saturated rings. The number of aromatic hydroxyl groups is 3. The molecule has 0 unspecified atom stereocenters. The zero-order valence-corrected chi connectivity index (χ0v) is 49.8. The van der Waals surface area contributed by atoms with E-state index >= 15 is 0 Å². The van der Waals surface area contributed by atoms with Gasteiger partial charge in [-0.2, -0.15) is 55.6 Å². The van der Waals surface area contributed by atoms with Gasteiger partial charge < -0.3 is 20.6 Å². The predicted octanol–water partition coefficient (Wildman–Crippen LogP) is 3.94. The molecule has 0 saturated carbocycles. The van der Waals surface area contributed by atoms with Crippen LogP contribution in [0.2, 0.25) is 0 Å². The number of azo groups is 4. The number of hydrogen-bond acceptors (Lipinski definition) is 33. The van der Waals surface area contributed by atoms with Crippen LogP contribution < -0.4 is 5.32 Å². The molecule has 0 aromatic heterocycles. The molecule has 87 heavy (non-hydrogen) atoms. The fourth-order valence-electron chi connectivity index (χ4n) is 6.37. The van der Waals surface area contributed by atoms with Gasteiger partial charge in [-0.3, -0.25) is 32.1 Å². The molecular formula is C38H37N9O31S9. The van der Waals surface area contributed by atoms with Crippen molar-refractivity contribution in [1.82, 2.24) is 0 Å². The maximum Gasteiger partial charge on any atom is 0.397 e. The van der Waals surface area contributed by atoms with Crippen molar-refractivity contribution in [2.24, 2.45) is 40.9 Å². The lowest BCUT2D eigenvalue weighted by molar-refractivity contribution is -0.114. The van der Waals surface area contributed by atoms with Crippen molar-refractivity contribution in [3.05, 3.63) is 72.8 Å². The van der Waals surface area contributed by atoms with E-state index in [1.807, 2.05) is 0 Å². The standard InChI is InChI=1S/C38H37N9O31S9/c1-20(48)39-27-18-29(32(84(64,65)66)19-28(27)43-40-21-2-4-22(5-3-21)79(52,53)13-10-76-85(67,68)69)44-47-35-37(50)33(45-41-25-8-6-23(16-30(25)82(58,59)60)80(54,55)14-11-77-86(70,71)72)36(49)34(38(35)51)46-42-26-9-7-24(17-31(26)83(61,62)63)81(56,57)15-12-78-87(73,74)75/h2-9,16-19,49-51H,10-15H2,1H3,(H,39,48)(H,58,59,60)(H,61,62,63)(H,64,65,66)(H,67,68,69)(H,70,71,72)(H,73,74,75)/b43-40+,45-41+,46-42+,47-44+. The Labute approximate surface area is 490 Å². The van der Waals surface area contributed by atoms with Crippen LogP contribution >= 0.6 is 0 Å². The highest BCUT2D eigenvalue weighted by Gasteiger charge is 2.30. The van der Waals surface area contributed by atoms with Crippen molar-refractivity contribution >= 4 is 148 Å². The second kappa shape index (κ2) is 26.5. The van der Waals surface area contributed by atoms with Crippen LogP contribution in [-0.2, 0) is 108 Å². The third-order valence-corrected chi connectivity index (χ3v) is 19.2. The molecule has 49 heteroatoms. The van der Waals surface area contributed by atoms with Gasteiger partial charge in [-0.25, -0.2) is 37.8 Å². The van der Waals surface area contributed by atoms with Crippen molar-refractivity contribution in [1.29, 1.82) is 0 Å². The van der Waals surface area contributed by atoms with Crippen LogP contribution in [0.1, 0.15) is 6.92 Å². The molecule has 5 aromatic carbocycles. The smallest absolute Gasteiger partial charge is 0.397 e. The number of phenolic OH excluding ortho intramolecular Hbond substituents is 3. The minimum absolute atomic E-state index is 0.185. The summed E-state index contributed by atoms with van der Waals surface area (Å²) < 4.78 is 287. The molecule has 0 saturated heterocycles. The van der Waals surface area contributed by atoms with Gasteiger partial charge in [0, 0.05) is 6.92 Å². The molecule has 0 radical (unpaired) electrons. The average Bonchev–Trinajstić information content (AvgIpc) is 1.16. The van der Waals surface area contributed by atoms with Gasteiger partial charge in [-0.05, 0) is 72.8 Å². The molecular weight excluding hydrogens is 1370 g/mol. The van der Waals surface area contributed by atoms with Crippen LogP contribution in [0.4, 0.5) is 51.2 Å². The number of anilines is 1. The van der Waals surface area contributed by atoms with Gasteiger partial charge in [0.2, 0.25) is 5.91 Å². The summed E-state index contributed by atoms with van der Waals surface area (Å²) in [6, 6.07) is 7.75. The van der Waals surface area contributed by atoms with Gasteiger partial charge in [0.25, 0.3) is 30.4 Å². The Kier molecular flexibility index (Phi) is 21.4. The van der Waals surface area contributed by atoms with Crippen LogP contribution in [0.15, 0.2) is 143 Å². The molecule has 40 nitrogen and oxygen atoms in total. The third-order valence-electron chi connectivity index (χ3n) is 10.1. The van der Waals surface area contributed by atoms with Crippen molar-refractivity contribution in [3.8, 4) is 17.2 Å². The fourth-order valence-corrected chi connectivity index (χ4v) is 13.0. The third kappa shape index (κ3) is 19.8. The monoisotopic (exact) mass is 1400 g/mol. The normalized spacial score (nSPS) is 13.6. The number of hydrogen-bond donors (Lipinski definition) is 10. The summed E-state index contributed by atoms with van der Waals surface area (Å²) >= 11 is 0. The summed E-state index contributed by atoms with van der Waals surface area (Å²) in [6.07, 6.45) is 0. The quantitative estimate of drug-likeness (QED) is 0.0263. The largest absolute Gasteiger partial charge is 0.504 e. The van der Waals surface area contributed by atoms with Gasteiger partial charge in [-0.15, -0.1) is 35.8 Å². The van der Waals surface area contributed by atoms with E-state index in [-0.39, 0.29) is 17.8 Å². The van der Waals surface area contributed by atoms with Crippen molar-refractivity contribution in [3.63, 3.8) is 0 Å². The maximum absolute atomic E-state index is 12.9. The summed E-state index contributed by atoms with van der Waals surface area (Å²) in [5.74, 6) is -9.26. The van der Waals surface area contributed by atoms with Gasteiger partial charge in [0.05, 0.1) is 63.1 Å². The number of benzene rings is 5. The van der Waals surface area contributed by atoms with Gasteiger partial charge in [-0.1, -0.05) is 0 Å². The minimum atomic E-state index is -5.60. The Morgan fingerprint density at radius 2 is 0.701 bits per heavy atom. The van der Waals surface area contributed by atoms with Crippen LogP contribution in [0.5, 0.6) is 17.2 Å².